The molecule has 0 spiro atoms. The third-order valence-electron chi connectivity index (χ3n) is 2.90. The summed E-state index contributed by atoms with van der Waals surface area (Å²) < 4.78 is 5.44. The molecule has 0 aromatic heterocycles. The number of ether oxygens (including phenoxy) is 1. The third kappa shape index (κ3) is 5.23. The first-order chi connectivity index (χ1) is 6.83. The summed E-state index contributed by atoms with van der Waals surface area (Å²) in [6, 6.07) is 0. The van der Waals surface area contributed by atoms with Crippen molar-refractivity contribution in [2.45, 2.75) is 26.2 Å². The second kappa shape index (κ2) is 7.55. The van der Waals surface area contributed by atoms with Crippen LogP contribution in [0.25, 0.3) is 0 Å². The van der Waals surface area contributed by atoms with E-state index in [0.717, 1.165) is 31.4 Å². The van der Waals surface area contributed by atoms with Gasteiger partial charge in [-0.3, -0.25) is 0 Å². The van der Waals surface area contributed by atoms with Crippen molar-refractivity contribution in [3.8, 4) is 0 Å². The fourth-order valence-electron chi connectivity index (χ4n) is 1.91. The minimum Gasteiger partial charge on any atom is -0.379 e. The van der Waals surface area contributed by atoms with Gasteiger partial charge in [-0.2, -0.15) is 12.6 Å². The number of hydrogen-bond donors (Lipinski definition) is 1. The molecule has 0 bridgehead atoms. The molecule has 1 aliphatic rings. The number of nitrogens with zero attached hydrogens (tertiary/aromatic N) is 1. The van der Waals surface area contributed by atoms with Crippen molar-refractivity contribution in [3.63, 3.8) is 0 Å². The molecular weight excluding hydrogens is 194 g/mol. The van der Waals surface area contributed by atoms with Crippen molar-refractivity contribution < 1.29 is 4.74 Å². The van der Waals surface area contributed by atoms with E-state index in [0.29, 0.717) is 0 Å². The fourth-order valence-corrected chi connectivity index (χ4v) is 2.04. The molecule has 0 aliphatic carbocycles. The predicted molar refractivity (Wildman–Crippen MR) is 64.1 cm³/mol. The van der Waals surface area contributed by atoms with Gasteiger partial charge in [-0.1, -0.05) is 6.92 Å². The molecule has 0 aromatic rings. The Bertz CT molecular complexity index is 143. The van der Waals surface area contributed by atoms with E-state index in [-0.39, 0.29) is 0 Å². The topological polar surface area (TPSA) is 12.5 Å². The van der Waals surface area contributed by atoms with Crippen molar-refractivity contribution in [1.29, 1.82) is 0 Å². The van der Waals surface area contributed by atoms with Crippen LogP contribution in [-0.2, 0) is 4.74 Å². The molecule has 1 aliphatic heterocycles. The maximum absolute atomic E-state index is 5.44. The first-order valence-electron chi connectivity index (χ1n) is 5.74. The molecule has 1 fully saturated rings. The second-order valence-corrected chi connectivity index (χ2v) is 4.66. The predicted octanol–water partition coefficient (Wildman–Crippen LogP) is 2.05. The Morgan fingerprint density at radius 2 is 2.14 bits per heavy atom. The molecule has 0 N–H and O–H groups in total. The van der Waals surface area contributed by atoms with Gasteiger partial charge in [0.1, 0.15) is 0 Å². The van der Waals surface area contributed by atoms with Crippen LogP contribution in [0.2, 0.25) is 0 Å². The van der Waals surface area contributed by atoms with Crippen molar-refractivity contribution in [1.82, 2.24) is 4.90 Å². The van der Waals surface area contributed by atoms with E-state index in [1.807, 2.05) is 0 Å². The van der Waals surface area contributed by atoms with E-state index < -0.39 is 0 Å². The summed E-state index contributed by atoms with van der Waals surface area (Å²) in [5.74, 6) is 1.75. The normalized spacial score (nSPS) is 24.9. The van der Waals surface area contributed by atoms with E-state index >= 15 is 0 Å². The quantitative estimate of drug-likeness (QED) is 0.559. The van der Waals surface area contributed by atoms with Crippen molar-refractivity contribution in [2.75, 3.05) is 38.6 Å². The molecule has 2 nitrogen and oxygen atoms in total. The standard InChI is InChI=1S/C11H23NOS/c1-11-3-2-5-12(6-4-11)7-8-13-9-10-14/h11,14H,2-10H2,1H3. The smallest absolute Gasteiger partial charge is 0.0593 e. The molecule has 14 heavy (non-hydrogen) atoms. The summed E-state index contributed by atoms with van der Waals surface area (Å²) in [5.41, 5.74) is 0. The van der Waals surface area contributed by atoms with Gasteiger partial charge in [0.05, 0.1) is 13.2 Å². The molecule has 1 atom stereocenters. The number of rotatable bonds is 5. The monoisotopic (exact) mass is 217 g/mol. The summed E-state index contributed by atoms with van der Waals surface area (Å²) in [7, 11) is 0. The average molecular weight is 217 g/mol. The molecule has 1 unspecified atom stereocenters. The van der Waals surface area contributed by atoms with Gasteiger partial charge in [-0.15, -0.1) is 0 Å². The lowest BCUT2D eigenvalue weighted by Crippen LogP contribution is -2.28. The van der Waals surface area contributed by atoms with Gasteiger partial charge in [0.15, 0.2) is 0 Å². The van der Waals surface area contributed by atoms with Gasteiger partial charge in [0, 0.05) is 12.3 Å². The first kappa shape index (κ1) is 12.3. The third-order valence-corrected chi connectivity index (χ3v) is 3.08. The maximum Gasteiger partial charge on any atom is 0.0593 e. The molecule has 1 heterocycles. The van der Waals surface area contributed by atoms with Gasteiger partial charge < -0.3 is 9.64 Å². The van der Waals surface area contributed by atoms with Gasteiger partial charge in [-0.05, 0) is 38.3 Å². The van der Waals surface area contributed by atoms with E-state index in [1.54, 1.807) is 0 Å². The van der Waals surface area contributed by atoms with E-state index in [2.05, 4.69) is 24.5 Å². The number of thiol groups is 1. The molecule has 1 saturated heterocycles. The highest BCUT2D eigenvalue weighted by molar-refractivity contribution is 7.80. The number of hydrogen-bond acceptors (Lipinski definition) is 3. The Balaban J connectivity index is 2.05. The summed E-state index contributed by atoms with van der Waals surface area (Å²) >= 11 is 4.11. The molecule has 3 heteroatoms. The van der Waals surface area contributed by atoms with Gasteiger partial charge >= 0.3 is 0 Å². The largest absolute Gasteiger partial charge is 0.379 e. The van der Waals surface area contributed by atoms with Crippen molar-refractivity contribution >= 4 is 12.6 Å². The summed E-state index contributed by atoms with van der Waals surface area (Å²) in [6.45, 7) is 7.63. The molecule has 0 amide bonds. The summed E-state index contributed by atoms with van der Waals surface area (Å²) in [4.78, 5) is 2.53. The Morgan fingerprint density at radius 3 is 2.93 bits per heavy atom. The zero-order valence-corrected chi connectivity index (χ0v) is 10.1. The molecule has 1 rings (SSSR count). The van der Waals surface area contributed by atoms with Crippen LogP contribution in [0.1, 0.15) is 26.2 Å². The van der Waals surface area contributed by atoms with E-state index in [1.165, 1.54) is 32.4 Å². The van der Waals surface area contributed by atoms with Crippen molar-refractivity contribution in [3.05, 3.63) is 0 Å². The second-order valence-electron chi connectivity index (χ2n) is 4.21. The van der Waals surface area contributed by atoms with Crippen molar-refractivity contribution in [2.24, 2.45) is 5.92 Å². The van der Waals surface area contributed by atoms with Gasteiger partial charge in [0.25, 0.3) is 0 Å². The highest BCUT2D eigenvalue weighted by Crippen LogP contribution is 2.15. The summed E-state index contributed by atoms with van der Waals surface area (Å²) in [6.07, 6.45) is 4.11. The Kier molecular flexibility index (Phi) is 6.65. The molecule has 0 saturated carbocycles. The Labute approximate surface area is 93.4 Å². The molecule has 0 radical (unpaired) electrons. The Hall–Kier alpha value is 0.270. The fraction of sp³-hybridized carbons (Fsp3) is 1.00. The van der Waals surface area contributed by atoms with Crippen LogP contribution < -0.4 is 0 Å². The van der Waals surface area contributed by atoms with Gasteiger partial charge in [-0.25, -0.2) is 0 Å². The van der Waals surface area contributed by atoms with Crippen LogP contribution in [-0.4, -0.2) is 43.5 Å². The lowest BCUT2D eigenvalue weighted by atomic mass is 10.0. The van der Waals surface area contributed by atoms with Crippen LogP contribution in [0.4, 0.5) is 0 Å². The maximum atomic E-state index is 5.44. The first-order valence-corrected chi connectivity index (χ1v) is 6.37. The summed E-state index contributed by atoms with van der Waals surface area (Å²) in [5, 5.41) is 0. The van der Waals surface area contributed by atoms with Crippen LogP contribution in [0.15, 0.2) is 0 Å². The lowest BCUT2D eigenvalue weighted by Gasteiger charge is -2.19. The lowest BCUT2D eigenvalue weighted by molar-refractivity contribution is 0.116. The average Bonchev–Trinajstić information content (AvgIpc) is 2.38. The number of likely N-dealkylation sites (tertiary alicyclic amines) is 1. The molecular formula is C11H23NOS. The molecule has 84 valence electrons. The Morgan fingerprint density at radius 1 is 1.29 bits per heavy atom. The minimum absolute atomic E-state index is 0.785. The van der Waals surface area contributed by atoms with Crippen LogP contribution in [0.5, 0.6) is 0 Å². The zero-order valence-electron chi connectivity index (χ0n) is 9.24. The highest BCUT2D eigenvalue weighted by Gasteiger charge is 2.12. The van der Waals surface area contributed by atoms with E-state index in [4.69, 9.17) is 4.74 Å². The minimum atomic E-state index is 0.785. The zero-order chi connectivity index (χ0) is 10.2. The van der Waals surface area contributed by atoms with Crippen LogP contribution in [0.3, 0.4) is 0 Å². The van der Waals surface area contributed by atoms with Crippen LogP contribution in [0, 0.1) is 5.92 Å². The van der Waals surface area contributed by atoms with E-state index in [9.17, 15) is 0 Å². The molecule has 0 aromatic carbocycles. The SMILES string of the molecule is CC1CCCN(CCOCCS)CC1. The van der Waals surface area contributed by atoms with Gasteiger partial charge in [0.2, 0.25) is 0 Å². The highest BCUT2D eigenvalue weighted by atomic mass is 32.1. The van der Waals surface area contributed by atoms with Crippen LogP contribution >= 0.6 is 12.6 Å².